The third kappa shape index (κ3) is 5.41. The lowest BCUT2D eigenvalue weighted by Gasteiger charge is -2.13. The standard InChI is InChI=1S/C57H36N6/c1-5-18-37(19-6-1)55-58-56(38-20-7-2-8-21-38)60-57(59-55)46-29-17-28-43-47-36-41(32-34-50(47)62(53(43)46)40-24-11-4-12-25-40)63-48-30-15-13-26-42(48)44-33-35-51-52(54(44)63)45-27-14-16-31-49(45)61(51)39-22-9-3-10-23-39/h1-36H. The topological polar surface area (TPSA) is 53.5 Å². The molecule has 13 rings (SSSR count). The molecule has 294 valence electrons. The molecule has 0 bridgehead atoms. The third-order valence-corrected chi connectivity index (χ3v) is 12.5. The summed E-state index contributed by atoms with van der Waals surface area (Å²) in [6.45, 7) is 0. The van der Waals surface area contributed by atoms with Gasteiger partial charge in [-0.2, -0.15) is 0 Å². The SMILES string of the molecule is c1ccc(-c2nc(-c3ccccc3)nc(-c3cccc4c5cc(-n6c7ccccc7c7ccc8c(c9ccccc9n8-c8ccccc8)c76)ccc5n(-c5ccccc5)c34)n2)cc1. The van der Waals surface area contributed by atoms with E-state index in [0.29, 0.717) is 17.5 Å². The van der Waals surface area contributed by atoms with Crippen molar-refractivity contribution in [1.29, 1.82) is 0 Å². The molecule has 4 heterocycles. The van der Waals surface area contributed by atoms with Gasteiger partial charge >= 0.3 is 0 Å². The first-order valence-electron chi connectivity index (χ1n) is 21.3. The van der Waals surface area contributed by atoms with Gasteiger partial charge in [-0.15, -0.1) is 0 Å². The second-order valence-electron chi connectivity index (χ2n) is 16.0. The second kappa shape index (κ2) is 14.0. The summed E-state index contributed by atoms with van der Waals surface area (Å²) in [5, 5.41) is 7.15. The zero-order chi connectivity index (χ0) is 41.4. The van der Waals surface area contributed by atoms with Crippen molar-refractivity contribution in [3.63, 3.8) is 0 Å². The maximum absolute atomic E-state index is 5.22. The van der Waals surface area contributed by atoms with Crippen molar-refractivity contribution in [1.82, 2.24) is 28.7 Å². The molecular formula is C57H36N6. The van der Waals surface area contributed by atoms with Gasteiger partial charge in [0.05, 0.1) is 33.1 Å². The lowest BCUT2D eigenvalue weighted by atomic mass is 10.1. The molecule has 13 aromatic rings. The number of hydrogen-bond donors (Lipinski definition) is 0. The van der Waals surface area contributed by atoms with Crippen LogP contribution in [0, 0.1) is 0 Å². The summed E-state index contributed by atoms with van der Waals surface area (Å²) >= 11 is 0. The molecule has 4 aromatic heterocycles. The summed E-state index contributed by atoms with van der Waals surface area (Å²) in [6.07, 6.45) is 0. The van der Waals surface area contributed by atoms with Crippen LogP contribution in [0.1, 0.15) is 0 Å². The number of benzene rings is 9. The van der Waals surface area contributed by atoms with E-state index >= 15 is 0 Å². The van der Waals surface area contributed by atoms with Gasteiger partial charge in [-0.3, -0.25) is 0 Å². The Morgan fingerprint density at radius 3 is 1.41 bits per heavy atom. The molecule has 0 atom stereocenters. The normalized spacial score (nSPS) is 11.8. The van der Waals surface area contributed by atoms with Crippen LogP contribution in [-0.4, -0.2) is 28.7 Å². The van der Waals surface area contributed by atoms with E-state index in [9.17, 15) is 0 Å². The van der Waals surface area contributed by atoms with Crippen molar-refractivity contribution in [3.05, 3.63) is 218 Å². The number of rotatable bonds is 6. The van der Waals surface area contributed by atoms with E-state index in [1.165, 1.54) is 38.1 Å². The van der Waals surface area contributed by atoms with Crippen molar-refractivity contribution in [2.75, 3.05) is 0 Å². The summed E-state index contributed by atoms with van der Waals surface area (Å²) in [6, 6.07) is 77.3. The van der Waals surface area contributed by atoms with Crippen molar-refractivity contribution in [3.8, 4) is 51.2 Å². The first kappa shape index (κ1) is 35.2. The molecule has 0 aliphatic heterocycles. The zero-order valence-corrected chi connectivity index (χ0v) is 34.0. The van der Waals surface area contributed by atoms with Gasteiger partial charge in [0.1, 0.15) is 0 Å². The molecule has 0 aliphatic rings. The van der Waals surface area contributed by atoms with Crippen LogP contribution >= 0.6 is 0 Å². The molecule has 0 saturated carbocycles. The van der Waals surface area contributed by atoms with Crippen LogP contribution in [0.15, 0.2) is 218 Å². The van der Waals surface area contributed by atoms with Crippen molar-refractivity contribution in [2.24, 2.45) is 0 Å². The predicted molar refractivity (Wildman–Crippen MR) is 259 cm³/mol. The van der Waals surface area contributed by atoms with E-state index in [0.717, 1.165) is 61.1 Å². The Labute approximate surface area is 362 Å². The van der Waals surface area contributed by atoms with Gasteiger partial charge in [-0.1, -0.05) is 152 Å². The number of aromatic nitrogens is 6. The predicted octanol–water partition coefficient (Wildman–Crippen LogP) is 14.2. The number of nitrogens with zero attached hydrogens (tertiary/aromatic N) is 6. The Morgan fingerprint density at radius 1 is 0.270 bits per heavy atom. The molecule has 0 aliphatic carbocycles. The molecule has 6 heteroatoms. The fourth-order valence-electron chi connectivity index (χ4n) is 9.78. The minimum atomic E-state index is 0.619. The second-order valence-corrected chi connectivity index (χ2v) is 16.0. The lowest BCUT2D eigenvalue weighted by molar-refractivity contribution is 1.07. The maximum atomic E-state index is 5.22. The first-order chi connectivity index (χ1) is 31.3. The number of hydrogen-bond acceptors (Lipinski definition) is 3. The fraction of sp³-hybridized carbons (Fsp3) is 0. The van der Waals surface area contributed by atoms with Crippen molar-refractivity contribution in [2.45, 2.75) is 0 Å². The van der Waals surface area contributed by atoms with Gasteiger partial charge in [-0.05, 0) is 66.7 Å². The Bertz CT molecular complexity index is 3830. The minimum Gasteiger partial charge on any atom is -0.309 e. The maximum Gasteiger partial charge on any atom is 0.166 e. The Kier molecular flexibility index (Phi) is 7.80. The highest BCUT2D eigenvalue weighted by Crippen LogP contribution is 2.44. The lowest BCUT2D eigenvalue weighted by Crippen LogP contribution is -2.02. The summed E-state index contributed by atoms with van der Waals surface area (Å²) in [5.41, 5.74) is 12.9. The summed E-state index contributed by atoms with van der Waals surface area (Å²) < 4.78 is 7.25. The van der Waals surface area contributed by atoms with Crippen LogP contribution < -0.4 is 0 Å². The largest absolute Gasteiger partial charge is 0.309 e. The number of para-hydroxylation sites is 5. The van der Waals surface area contributed by atoms with Gasteiger partial charge in [0, 0.05) is 66.1 Å². The van der Waals surface area contributed by atoms with Crippen LogP contribution in [0.4, 0.5) is 0 Å². The monoisotopic (exact) mass is 804 g/mol. The molecule has 0 N–H and O–H groups in total. The fourth-order valence-corrected chi connectivity index (χ4v) is 9.78. The van der Waals surface area contributed by atoms with Gasteiger partial charge < -0.3 is 13.7 Å². The van der Waals surface area contributed by atoms with E-state index < -0.39 is 0 Å². The van der Waals surface area contributed by atoms with Gasteiger partial charge in [0.2, 0.25) is 0 Å². The summed E-state index contributed by atoms with van der Waals surface area (Å²) in [5.74, 6) is 1.88. The summed E-state index contributed by atoms with van der Waals surface area (Å²) in [4.78, 5) is 15.5. The quantitative estimate of drug-likeness (QED) is 0.168. The molecular weight excluding hydrogens is 769 g/mol. The van der Waals surface area contributed by atoms with E-state index in [4.69, 9.17) is 15.0 Å². The highest BCUT2D eigenvalue weighted by atomic mass is 15.1. The molecule has 0 spiro atoms. The van der Waals surface area contributed by atoms with Gasteiger partial charge in [0.15, 0.2) is 17.5 Å². The van der Waals surface area contributed by atoms with E-state index in [2.05, 4.69) is 196 Å². The highest BCUT2D eigenvalue weighted by Gasteiger charge is 2.24. The van der Waals surface area contributed by atoms with Crippen LogP contribution in [0.5, 0.6) is 0 Å². The molecule has 9 aromatic carbocycles. The van der Waals surface area contributed by atoms with Gasteiger partial charge in [0.25, 0.3) is 0 Å². The van der Waals surface area contributed by atoms with Gasteiger partial charge in [-0.25, -0.2) is 15.0 Å². The van der Waals surface area contributed by atoms with E-state index in [1.807, 2.05) is 36.4 Å². The van der Waals surface area contributed by atoms with E-state index in [-0.39, 0.29) is 0 Å². The average molecular weight is 805 g/mol. The summed E-state index contributed by atoms with van der Waals surface area (Å²) in [7, 11) is 0. The first-order valence-corrected chi connectivity index (χ1v) is 21.3. The zero-order valence-electron chi connectivity index (χ0n) is 34.0. The van der Waals surface area contributed by atoms with Crippen LogP contribution in [0.2, 0.25) is 0 Å². The minimum absolute atomic E-state index is 0.619. The molecule has 0 unspecified atom stereocenters. The molecule has 0 saturated heterocycles. The Balaban J connectivity index is 1.12. The average Bonchev–Trinajstić information content (AvgIpc) is 4.00. The molecule has 0 fully saturated rings. The molecule has 6 nitrogen and oxygen atoms in total. The number of fused-ring (bicyclic) bond motifs is 10. The molecule has 63 heavy (non-hydrogen) atoms. The van der Waals surface area contributed by atoms with E-state index in [1.54, 1.807) is 0 Å². The Morgan fingerprint density at radius 2 is 0.746 bits per heavy atom. The molecule has 0 radical (unpaired) electrons. The highest BCUT2D eigenvalue weighted by molar-refractivity contribution is 6.26. The van der Waals surface area contributed by atoms with Crippen molar-refractivity contribution >= 4 is 65.4 Å². The Hall–Kier alpha value is -8.61. The van der Waals surface area contributed by atoms with Crippen LogP contribution in [-0.2, 0) is 0 Å². The molecule has 0 amide bonds. The van der Waals surface area contributed by atoms with Crippen LogP contribution in [0.25, 0.3) is 117 Å². The van der Waals surface area contributed by atoms with Crippen molar-refractivity contribution < 1.29 is 0 Å². The third-order valence-electron chi connectivity index (χ3n) is 12.5. The smallest absolute Gasteiger partial charge is 0.166 e. The van der Waals surface area contributed by atoms with Crippen LogP contribution in [0.3, 0.4) is 0 Å².